The Morgan fingerprint density at radius 3 is 2.63 bits per heavy atom. The maximum atomic E-state index is 12.9. The van der Waals surface area contributed by atoms with Gasteiger partial charge in [-0.05, 0) is 13.3 Å². The van der Waals surface area contributed by atoms with Gasteiger partial charge in [-0.15, -0.1) is 0 Å². The Hall–Kier alpha value is -3.17. The third-order valence-corrected chi connectivity index (χ3v) is 5.45. The van der Waals surface area contributed by atoms with Gasteiger partial charge in [0, 0.05) is 51.3 Å². The molecule has 2 amide bonds. The van der Waals surface area contributed by atoms with Gasteiger partial charge in [-0.1, -0.05) is 12.1 Å². The molecule has 10 heteroatoms. The summed E-state index contributed by atoms with van der Waals surface area (Å²) < 4.78 is 5.13. The van der Waals surface area contributed by atoms with Crippen molar-refractivity contribution in [3.05, 3.63) is 28.8 Å². The smallest absolute Gasteiger partial charge is 0.273 e. The number of aromatic nitrogens is 3. The molecule has 0 radical (unpaired) electrons. The molecule has 2 aromatic rings. The monoisotopic (exact) mass is 413 g/mol. The fraction of sp³-hybridized carbons (Fsp3) is 0.550. The molecule has 0 bridgehead atoms. The molecule has 160 valence electrons. The Balaban J connectivity index is 1.60. The third-order valence-electron chi connectivity index (χ3n) is 5.45. The van der Waals surface area contributed by atoms with Crippen LogP contribution in [0.3, 0.4) is 0 Å². The highest BCUT2D eigenvalue weighted by Gasteiger charge is 2.33. The van der Waals surface area contributed by atoms with Gasteiger partial charge < -0.3 is 24.5 Å². The number of rotatable bonds is 6. The number of hydrogen-bond donors (Lipinski definition) is 1. The number of carbonyl (C=O) groups is 2. The van der Waals surface area contributed by atoms with Crippen LogP contribution in [0.15, 0.2) is 10.6 Å². The summed E-state index contributed by atoms with van der Waals surface area (Å²) in [6.07, 6.45) is 0.883. The molecular weight excluding hydrogens is 386 g/mol. The molecule has 0 aromatic carbocycles. The SMILES string of the molecule is CCCN1Cc2c(NCc3cc(C)on3)nc(N3CCN(C(C)=O)CC3)nc2C1=O. The predicted molar refractivity (Wildman–Crippen MR) is 110 cm³/mol. The second-order valence-electron chi connectivity index (χ2n) is 7.70. The first-order valence-corrected chi connectivity index (χ1v) is 10.3. The fourth-order valence-corrected chi connectivity index (χ4v) is 3.85. The van der Waals surface area contributed by atoms with E-state index >= 15 is 0 Å². The molecule has 1 saturated heterocycles. The van der Waals surface area contributed by atoms with Gasteiger partial charge in [-0.25, -0.2) is 4.98 Å². The summed E-state index contributed by atoms with van der Waals surface area (Å²) in [6.45, 7) is 9.60. The Morgan fingerprint density at radius 2 is 2.00 bits per heavy atom. The summed E-state index contributed by atoms with van der Waals surface area (Å²) in [7, 11) is 0. The molecule has 1 N–H and O–H groups in total. The quantitative estimate of drug-likeness (QED) is 0.758. The van der Waals surface area contributed by atoms with Crippen LogP contribution < -0.4 is 10.2 Å². The average molecular weight is 413 g/mol. The van der Waals surface area contributed by atoms with E-state index in [1.165, 1.54) is 0 Å². The number of aryl methyl sites for hydroxylation is 1. The zero-order valence-electron chi connectivity index (χ0n) is 17.6. The summed E-state index contributed by atoms with van der Waals surface area (Å²) in [4.78, 5) is 39.5. The number of hydrogen-bond acceptors (Lipinski definition) is 8. The van der Waals surface area contributed by atoms with Gasteiger partial charge in [-0.2, -0.15) is 4.98 Å². The Labute approximate surface area is 175 Å². The molecule has 30 heavy (non-hydrogen) atoms. The van der Waals surface area contributed by atoms with Crippen LogP contribution in [0.4, 0.5) is 11.8 Å². The van der Waals surface area contributed by atoms with Crippen molar-refractivity contribution >= 4 is 23.6 Å². The number of amides is 2. The average Bonchev–Trinajstić information content (AvgIpc) is 3.30. The summed E-state index contributed by atoms with van der Waals surface area (Å²) in [5, 5.41) is 7.34. The van der Waals surface area contributed by atoms with E-state index in [-0.39, 0.29) is 11.8 Å². The minimum atomic E-state index is -0.0572. The molecule has 2 aromatic heterocycles. The van der Waals surface area contributed by atoms with Gasteiger partial charge in [0.05, 0.1) is 13.1 Å². The van der Waals surface area contributed by atoms with Crippen LogP contribution in [0.2, 0.25) is 0 Å². The van der Waals surface area contributed by atoms with Crippen molar-refractivity contribution in [1.29, 1.82) is 0 Å². The molecule has 0 aliphatic carbocycles. The first kappa shape index (κ1) is 20.1. The van der Waals surface area contributed by atoms with Crippen LogP contribution in [0.5, 0.6) is 0 Å². The molecule has 1 fully saturated rings. The lowest BCUT2D eigenvalue weighted by Crippen LogP contribution is -2.48. The summed E-state index contributed by atoms with van der Waals surface area (Å²) in [6, 6.07) is 1.87. The van der Waals surface area contributed by atoms with Gasteiger partial charge in [0.15, 0.2) is 0 Å². The molecule has 0 atom stereocenters. The lowest BCUT2D eigenvalue weighted by molar-refractivity contribution is -0.129. The first-order chi connectivity index (χ1) is 14.5. The Morgan fingerprint density at radius 1 is 1.23 bits per heavy atom. The van der Waals surface area contributed by atoms with Crippen LogP contribution in [0.25, 0.3) is 0 Å². The van der Waals surface area contributed by atoms with Crippen molar-refractivity contribution in [2.45, 2.75) is 40.3 Å². The number of nitrogens with one attached hydrogen (secondary N) is 1. The number of piperazine rings is 1. The number of carbonyl (C=O) groups excluding carboxylic acids is 2. The van der Waals surface area contributed by atoms with Crippen LogP contribution in [-0.4, -0.2) is 69.5 Å². The van der Waals surface area contributed by atoms with Crippen LogP contribution in [0.1, 0.15) is 47.8 Å². The summed E-state index contributed by atoms with van der Waals surface area (Å²) >= 11 is 0. The van der Waals surface area contributed by atoms with Gasteiger partial charge >= 0.3 is 0 Å². The van der Waals surface area contributed by atoms with E-state index in [0.29, 0.717) is 63.3 Å². The number of nitrogens with zero attached hydrogens (tertiary/aromatic N) is 6. The highest BCUT2D eigenvalue weighted by atomic mass is 16.5. The number of fused-ring (bicyclic) bond motifs is 1. The van der Waals surface area contributed by atoms with E-state index in [4.69, 9.17) is 9.51 Å². The fourth-order valence-electron chi connectivity index (χ4n) is 3.85. The lowest BCUT2D eigenvalue weighted by atomic mass is 10.2. The zero-order chi connectivity index (χ0) is 21.3. The molecule has 4 rings (SSSR count). The molecule has 0 spiro atoms. The van der Waals surface area contributed by atoms with Crippen molar-refractivity contribution in [3.8, 4) is 0 Å². The van der Waals surface area contributed by atoms with Gasteiger partial charge in [0.25, 0.3) is 5.91 Å². The highest BCUT2D eigenvalue weighted by molar-refractivity contribution is 5.98. The molecule has 0 unspecified atom stereocenters. The van der Waals surface area contributed by atoms with Crippen LogP contribution in [-0.2, 0) is 17.9 Å². The van der Waals surface area contributed by atoms with Crippen molar-refractivity contribution < 1.29 is 14.1 Å². The topological polar surface area (TPSA) is 108 Å². The number of anilines is 2. The van der Waals surface area contributed by atoms with Crippen molar-refractivity contribution in [2.75, 3.05) is 42.9 Å². The van der Waals surface area contributed by atoms with Crippen molar-refractivity contribution in [3.63, 3.8) is 0 Å². The van der Waals surface area contributed by atoms with Crippen molar-refractivity contribution in [2.24, 2.45) is 0 Å². The standard InChI is InChI=1S/C20H27N7O3/c1-4-5-27-12-16-17(19(27)29)22-20(26-8-6-25(7-9-26)14(3)28)23-18(16)21-11-15-10-13(2)30-24-15/h10H,4-9,11-12H2,1-3H3,(H,21,22,23). The van der Waals surface area contributed by atoms with E-state index in [2.05, 4.69) is 15.5 Å². The Bertz CT molecular complexity index is 950. The van der Waals surface area contributed by atoms with Gasteiger partial charge in [-0.3, -0.25) is 9.59 Å². The normalized spacial score (nSPS) is 16.2. The van der Waals surface area contributed by atoms with E-state index < -0.39 is 0 Å². The molecule has 2 aliphatic rings. The highest BCUT2D eigenvalue weighted by Crippen LogP contribution is 2.30. The minimum Gasteiger partial charge on any atom is -0.364 e. The summed E-state index contributed by atoms with van der Waals surface area (Å²) in [5.74, 6) is 1.92. The minimum absolute atomic E-state index is 0.0572. The Kier molecular flexibility index (Phi) is 5.56. The molecular formula is C20H27N7O3. The molecule has 4 heterocycles. The second kappa shape index (κ2) is 8.29. The van der Waals surface area contributed by atoms with E-state index in [1.807, 2.05) is 34.6 Å². The lowest BCUT2D eigenvalue weighted by Gasteiger charge is -2.34. The van der Waals surface area contributed by atoms with E-state index in [0.717, 1.165) is 23.4 Å². The van der Waals surface area contributed by atoms with E-state index in [1.54, 1.807) is 6.92 Å². The third kappa shape index (κ3) is 3.94. The zero-order valence-corrected chi connectivity index (χ0v) is 17.6. The summed E-state index contributed by atoms with van der Waals surface area (Å²) in [5.41, 5.74) is 2.05. The maximum Gasteiger partial charge on any atom is 0.273 e. The molecule has 0 saturated carbocycles. The van der Waals surface area contributed by atoms with Crippen molar-refractivity contribution in [1.82, 2.24) is 24.9 Å². The van der Waals surface area contributed by atoms with Crippen LogP contribution in [0, 0.1) is 6.92 Å². The second-order valence-corrected chi connectivity index (χ2v) is 7.70. The predicted octanol–water partition coefficient (Wildman–Crippen LogP) is 1.42. The largest absolute Gasteiger partial charge is 0.364 e. The molecule has 2 aliphatic heterocycles. The maximum absolute atomic E-state index is 12.9. The van der Waals surface area contributed by atoms with Crippen LogP contribution >= 0.6 is 0 Å². The van der Waals surface area contributed by atoms with E-state index in [9.17, 15) is 9.59 Å². The first-order valence-electron chi connectivity index (χ1n) is 10.3. The molecule has 10 nitrogen and oxygen atoms in total. The van der Waals surface area contributed by atoms with Gasteiger partial charge in [0.2, 0.25) is 11.9 Å². The van der Waals surface area contributed by atoms with Gasteiger partial charge in [0.1, 0.15) is 23.0 Å².